The van der Waals surface area contributed by atoms with Crippen molar-refractivity contribution in [1.29, 1.82) is 0 Å². The first kappa shape index (κ1) is 21.9. The fourth-order valence-corrected chi connectivity index (χ4v) is 6.60. The van der Waals surface area contributed by atoms with E-state index in [1.165, 1.54) is 30.6 Å². The minimum absolute atomic E-state index is 0.0250. The number of pyridine rings is 1. The number of aromatic nitrogens is 5. The van der Waals surface area contributed by atoms with Gasteiger partial charge in [-0.3, -0.25) is 19.4 Å². The molecule has 11 nitrogen and oxygen atoms in total. The molecule has 0 radical (unpaired) electrons. The highest BCUT2D eigenvalue weighted by Gasteiger charge is 2.50. The molecule has 186 valence electrons. The number of carbonyl (C=O) groups is 1. The Morgan fingerprint density at radius 2 is 2.14 bits per heavy atom. The van der Waals surface area contributed by atoms with E-state index in [2.05, 4.69) is 25.6 Å². The summed E-state index contributed by atoms with van der Waals surface area (Å²) in [5.74, 6) is -0.0423. The van der Waals surface area contributed by atoms with E-state index in [0.29, 0.717) is 41.4 Å². The van der Waals surface area contributed by atoms with Gasteiger partial charge in [-0.25, -0.2) is 4.52 Å². The van der Waals surface area contributed by atoms with Crippen LogP contribution in [-0.2, 0) is 11.3 Å². The van der Waals surface area contributed by atoms with Crippen LogP contribution >= 0.6 is 11.3 Å². The number of aliphatic hydroxyl groups is 2. The summed E-state index contributed by atoms with van der Waals surface area (Å²) in [6.07, 6.45) is 11.0. The van der Waals surface area contributed by atoms with Crippen LogP contribution in [0.1, 0.15) is 37.5 Å². The number of hydrogen-bond acceptors (Lipinski definition) is 9. The molecule has 0 bridgehead atoms. The molecular formula is C24H26N8O3S. The van der Waals surface area contributed by atoms with Crippen molar-refractivity contribution in [2.24, 2.45) is 0 Å². The molecule has 2 aliphatic heterocycles. The predicted octanol–water partition coefficient (Wildman–Crippen LogP) is 2.30. The van der Waals surface area contributed by atoms with Gasteiger partial charge in [0.15, 0.2) is 6.23 Å². The minimum Gasteiger partial charge on any atom is -0.394 e. The summed E-state index contributed by atoms with van der Waals surface area (Å²) in [6.45, 7) is 1.84. The Bertz CT molecular complexity index is 1490. The molecule has 2 fully saturated rings. The Labute approximate surface area is 210 Å². The molecule has 6 heterocycles. The molecule has 0 aromatic carbocycles. The van der Waals surface area contributed by atoms with Gasteiger partial charge in [-0.05, 0) is 38.3 Å². The number of nitrogens with one attached hydrogen (secondary N) is 2. The SMILES string of the molecule is O=C(CN1CCCC12CC2)Nc1cnc2c(c1)NC(O)c1c-2nn2cc(-c3cnn(CCO)c3)sc12. The molecule has 1 saturated carbocycles. The third-order valence-electron chi connectivity index (χ3n) is 7.46. The maximum atomic E-state index is 12.7. The van der Waals surface area contributed by atoms with Crippen LogP contribution in [0.3, 0.4) is 0 Å². The molecule has 7 rings (SSSR count). The molecule has 1 spiro atoms. The third kappa shape index (κ3) is 3.52. The van der Waals surface area contributed by atoms with Crippen LogP contribution in [0.2, 0.25) is 0 Å². The number of thiazole rings is 1. The zero-order chi connectivity index (χ0) is 24.4. The smallest absolute Gasteiger partial charge is 0.238 e. The van der Waals surface area contributed by atoms with Crippen molar-refractivity contribution >= 4 is 33.4 Å². The van der Waals surface area contributed by atoms with Crippen LogP contribution < -0.4 is 10.6 Å². The minimum atomic E-state index is -0.958. The number of hydrogen-bond donors (Lipinski definition) is 4. The van der Waals surface area contributed by atoms with Crippen molar-refractivity contribution in [1.82, 2.24) is 29.3 Å². The number of rotatable bonds is 6. The van der Waals surface area contributed by atoms with Crippen molar-refractivity contribution in [3.63, 3.8) is 0 Å². The zero-order valence-corrected chi connectivity index (χ0v) is 20.3. The van der Waals surface area contributed by atoms with Gasteiger partial charge in [0.25, 0.3) is 0 Å². The van der Waals surface area contributed by atoms with Gasteiger partial charge in [-0.2, -0.15) is 10.2 Å². The molecule has 1 atom stereocenters. The highest BCUT2D eigenvalue weighted by molar-refractivity contribution is 7.20. The first-order valence-corrected chi connectivity index (χ1v) is 13.0. The summed E-state index contributed by atoms with van der Waals surface area (Å²) in [5, 5.41) is 35.1. The number of likely N-dealkylation sites (tertiary alicyclic amines) is 1. The van der Waals surface area contributed by atoms with Gasteiger partial charge < -0.3 is 20.8 Å². The first-order chi connectivity index (χ1) is 17.5. The van der Waals surface area contributed by atoms with Crippen LogP contribution in [0, 0.1) is 0 Å². The van der Waals surface area contributed by atoms with Gasteiger partial charge in [0.2, 0.25) is 5.91 Å². The molecule has 1 saturated heterocycles. The second-order valence-electron chi connectivity index (χ2n) is 9.79. The van der Waals surface area contributed by atoms with E-state index < -0.39 is 6.23 Å². The van der Waals surface area contributed by atoms with Crippen LogP contribution in [0.15, 0.2) is 30.9 Å². The van der Waals surface area contributed by atoms with Crippen molar-refractivity contribution in [2.75, 3.05) is 30.3 Å². The van der Waals surface area contributed by atoms with E-state index in [-0.39, 0.29) is 18.1 Å². The Morgan fingerprint density at radius 1 is 1.25 bits per heavy atom. The van der Waals surface area contributed by atoms with Gasteiger partial charge in [0, 0.05) is 23.5 Å². The maximum absolute atomic E-state index is 12.7. The van der Waals surface area contributed by atoms with E-state index in [1.807, 2.05) is 12.4 Å². The molecule has 1 amide bonds. The molecule has 1 unspecified atom stereocenters. The molecule has 4 aromatic heterocycles. The Balaban J connectivity index is 1.14. The Hall–Kier alpha value is -3.32. The summed E-state index contributed by atoms with van der Waals surface area (Å²) >= 11 is 1.51. The van der Waals surface area contributed by atoms with E-state index in [9.17, 15) is 9.90 Å². The lowest BCUT2D eigenvalue weighted by molar-refractivity contribution is -0.117. The summed E-state index contributed by atoms with van der Waals surface area (Å²) in [7, 11) is 0. The Kier molecular flexibility index (Phi) is 4.93. The standard InChI is InChI=1S/C24H26N8O3S/c33-7-6-31-11-14(9-26-31)17-12-32-23(36-17)19-21(29-32)20-16(28-22(19)35)8-15(10-25-20)27-18(34)13-30-5-1-2-24(30)3-4-24/h8-12,22,28,33,35H,1-7,13H2,(H,27,34). The third-order valence-corrected chi connectivity index (χ3v) is 8.62. The number of fused-ring (bicyclic) bond motifs is 5. The van der Waals surface area contributed by atoms with Crippen molar-refractivity contribution in [3.05, 3.63) is 36.4 Å². The molecule has 4 aromatic rings. The summed E-state index contributed by atoms with van der Waals surface area (Å²) in [4.78, 5) is 21.4. The van der Waals surface area contributed by atoms with Gasteiger partial charge in [-0.15, -0.1) is 11.3 Å². The summed E-state index contributed by atoms with van der Waals surface area (Å²) in [5.41, 5.74) is 4.36. The van der Waals surface area contributed by atoms with Crippen LogP contribution in [-0.4, -0.2) is 70.6 Å². The second-order valence-corrected chi connectivity index (χ2v) is 10.8. The Morgan fingerprint density at radius 3 is 2.97 bits per heavy atom. The fourth-order valence-electron chi connectivity index (χ4n) is 5.51. The van der Waals surface area contributed by atoms with Crippen molar-refractivity contribution in [3.8, 4) is 21.8 Å². The maximum Gasteiger partial charge on any atom is 0.238 e. The highest BCUT2D eigenvalue weighted by atomic mass is 32.1. The van der Waals surface area contributed by atoms with E-state index in [0.717, 1.165) is 28.2 Å². The number of carbonyl (C=O) groups excluding carboxylic acids is 1. The lowest BCUT2D eigenvalue weighted by Crippen LogP contribution is -2.38. The van der Waals surface area contributed by atoms with Crippen LogP contribution in [0.4, 0.5) is 11.4 Å². The summed E-state index contributed by atoms with van der Waals surface area (Å²) < 4.78 is 3.45. The number of anilines is 2. The van der Waals surface area contributed by atoms with Crippen molar-refractivity contribution in [2.45, 2.75) is 44.0 Å². The predicted molar refractivity (Wildman–Crippen MR) is 135 cm³/mol. The van der Waals surface area contributed by atoms with Gasteiger partial charge in [0.05, 0.1) is 53.9 Å². The van der Waals surface area contributed by atoms with Crippen LogP contribution in [0.5, 0.6) is 0 Å². The lowest BCUT2D eigenvalue weighted by atomic mass is 10.1. The number of amides is 1. The fraction of sp³-hybridized carbons (Fsp3) is 0.417. The topological polar surface area (TPSA) is 133 Å². The second kappa shape index (κ2) is 8.10. The summed E-state index contributed by atoms with van der Waals surface area (Å²) in [6, 6.07) is 1.80. The van der Waals surface area contributed by atoms with Gasteiger partial charge >= 0.3 is 0 Å². The largest absolute Gasteiger partial charge is 0.394 e. The first-order valence-electron chi connectivity index (χ1n) is 12.2. The molecule has 12 heteroatoms. The lowest BCUT2D eigenvalue weighted by Gasteiger charge is -2.24. The quantitative estimate of drug-likeness (QED) is 0.313. The van der Waals surface area contributed by atoms with Gasteiger partial charge in [0.1, 0.15) is 16.2 Å². The van der Waals surface area contributed by atoms with E-state index in [1.54, 1.807) is 27.7 Å². The number of nitrogens with zero attached hydrogens (tertiary/aromatic N) is 6. The van der Waals surface area contributed by atoms with E-state index in [4.69, 9.17) is 10.2 Å². The monoisotopic (exact) mass is 506 g/mol. The molecule has 4 N–H and O–H groups in total. The molecule has 1 aliphatic carbocycles. The van der Waals surface area contributed by atoms with Crippen LogP contribution in [0.25, 0.3) is 26.7 Å². The molecule has 3 aliphatic rings. The molecular weight excluding hydrogens is 480 g/mol. The molecule has 36 heavy (non-hydrogen) atoms. The average Bonchev–Trinajstić information content (AvgIpc) is 3.18. The van der Waals surface area contributed by atoms with Gasteiger partial charge in [-0.1, -0.05) is 0 Å². The normalized spacial score (nSPS) is 19.9. The number of aliphatic hydroxyl groups excluding tert-OH is 2. The van der Waals surface area contributed by atoms with Crippen molar-refractivity contribution < 1.29 is 15.0 Å². The van der Waals surface area contributed by atoms with E-state index >= 15 is 0 Å². The average molecular weight is 507 g/mol. The zero-order valence-electron chi connectivity index (χ0n) is 19.5. The highest BCUT2D eigenvalue weighted by Crippen LogP contribution is 2.49.